The third-order valence-corrected chi connectivity index (χ3v) is 1.10. The van der Waals surface area contributed by atoms with Gasteiger partial charge in [0.1, 0.15) is 0 Å². The molecule has 0 aliphatic rings. The molecule has 0 saturated heterocycles. The fourth-order valence-electron chi connectivity index (χ4n) is 0.402. The van der Waals surface area contributed by atoms with E-state index in [-0.39, 0.29) is 5.91 Å². The molecule has 3 heteroatoms. The van der Waals surface area contributed by atoms with Gasteiger partial charge in [-0.05, 0) is 13.8 Å². The topological polar surface area (TPSA) is 52.3 Å². The maximum Gasteiger partial charge on any atom is 0.244 e. The molecule has 0 atom stereocenters. The third-order valence-electron chi connectivity index (χ3n) is 1.10. The van der Waals surface area contributed by atoms with Crippen LogP contribution in [0.1, 0.15) is 13.8 Å². The number of ether oxygens (including phenoxy) is 1. The standard InChI is InChI=1S/C7H13NO2/c1-3-10-5-4-6(2)7(8)9/h4H,3,5H2,1-2H3,(H2,8,9)/b6-4+. The van der Waals surface area contributed by atoms with Gasteiger partial charge in [0, 0.05) is 12.2 Å². The number of carbonyl (C=O) groups excluding carboxylic acids is 1. The molecule has 0 aromatic rings. The van der Waals surface area contributed by atoms with Crippen LogP contribution in [0.25, 0.3) is 0 Å². The van der Waals surface area contributed by atoms with Gasteiger partial charge < -0.3 is 10.5 Å². The van der Waals surface area contributed by atoms with Crippen molar-refractivity contribution in [2.75, 3.05) is 13.2 Å². The van der Waals surface area contributed by atoms with Gasteiger partial charge in [0.15, 0.2) is 0 Å². The van der Waals surface area contributed by atoms with E-state index >= 15 is 0 Å². The van der Waals surface area contributed by atoms with E-state index in [9.17, 15) is 4.79 Å². The van der Waals surface area contributed by atoms with E-state index in [0.717, 1.165) is 0 Å². The summed E-state index contributed by atoms with van der Waals surface area (Å²) in [6.45, 7) is 4.68. The van der Waals surface area contributed by atoms with Crippen molar-refractivity contribution in [3.8, 4) is 0 Å². The summed E-state index contributed by atoms with van der Waals surface area (Å²) in [5, 5.41) is 0. The van der Waals surface area contributed by atoms with Gasteiger partial charge in [-0.3, -0.25) is 4.79 Å². The third kappa shape index (κ3) is 4.09. The quantitative estimate of drug-likeness (QED) is 0.459. The lowest BCUT2D eigenvalue weighted by atomic mass is 10.3. The molecule has 0 rings (SSSR count). The van der Waals surface area contributed by atoms with Gasteiger partial charge >= 0.3 is 0 Å². The molecule has 10 heavy (non-hydrogen) atoms. The van der Waals surface area contributed by atoms with Gasteiger partial charge in [-0.1, -0.05) is 6.08 Å². The van der Waals surface area contributed by atoms with Crippen molar-refractivity contribution in [2.45, 2.75) is 13.8 Å². The van der Waals surface area contributed by atoms with E-state index in [1.54, 1.807) is 13.0 Å². The van der Waals surface area contributed by atoms with Crippen molar-refractivity contribution < 1.29 is 9.53 Å². The number of nitrogens with two attached hydrogens (primary N) is 1. The Kier molecular flexibility index (Phi) is 4.58. The Balaban J connectivity index is 3.58. The number of primary amides is 1. The van der Waals surface area contributed by atoms with Crippen LogP contribution in [-0.2, 0) is 9.53 Å². The summed E-state index contributed by atoms with van der Waals surface area (Å²) < 4.78 is 4.97. The minimum Gasteiger partial charge on any atom is -0.378 e. The Morgan fingerprint density at radius 1 is 1.70 bits per heavy atom. The Labute approximate surface area is 60.9 Å². The molecule has 0 aliphatic carbocycles. The zero-order chi connectivity index (χ0) is 7.98. The lowest BCUT2D eigenvalue weighted by Gasteiger charge is -1.95. The average molecular weight is 143 g/mol. The first-order chi connectivity index (χ1) is 4.68. The molecular formula is C7H13NO2. The molecule has 3 nitrogen and oxygen atoms in total. The van der Waals surface area contributed by atoms with Crippen LogP contribution in [-0.4, -0.2) is 19.1 Å². The number of hydrogen-bond donors (Lipinski definition) is 1. The number of hydrogen-bond acceptors (Lipinski definition) is 2. The lowest BCUT2D eigenvalue weighted by Crippen LogP contribution is -2.12. The van der Waals surface area contributed by atoms with Crippen molar-refractivity contribution in [3.05, 3.63) is 11.6 Å². The molecule has 0 radical (unpaired) electrons. The smallest absolute Gasteiger partial charge is 0.244 e. The summed E-state index contributed by atoms with van der Waals surface area (Å²) in [6, 6.07) is 0. The summed E-state index contributed by atoms with van der Waals surface area (Å²) >= 11 is 0. The predicted molar refractivity (Wildman–Crippen MR) is 39.4 cm³/mol. The van der Waals surface area contributed by atoms with E-state index in [2.05, 4.69) is 0 Å². The highest BCUT2D eigenvalue weighted by Gasteiger charge is 1.93. The first-order valence-electron chi connectivity index (χ1n) is 3.22. The van der Waals surface area contributed by atoms with Crippen LogP contribution in [0, 0.1) is 0 Å². The maximum atomic E-state index is 10.4. The van der Waals surface area contributed by atoms with Crippen LogP contribution in [0.15, 0.2) is 11.6 Å². The number of carbonyl (C=O) groups is 1. The summed E-state index contributed by atoms with van der Waals surface area (Å²) in [4.78, 5) is 10.4. The molecule has 0 fully saturated rings. The van der Waals surface area contributed by atoms with Gasteiger partial charge in [0.05, 0.1) is 6.61 Å². The summed E-state index contributed by atoms with van der Waals surface area (Å²) in [5.74, 6) is -0.389. The average Bonchev–Trinajstić information content (AvgIpc) is 1.88. The molecule has 1 amide bonds. The van der Waals surface area contributed by atoms with Crippen molar-refractivity contribution in [1.82, 2.24) is 0 Å². The molecule has 0 bridgehead atoms. The fraction of sp³-hybridized carbons (Fsp3) is 0.571. The number of amides is 1. The first kappa shape index (κ1) is 9.17. The first-order valence-corrected chi connectivity index (χ1v) is 3.22. The van der Waals surface area contributed by atoms with Gasteiger partial charge in [-0.15, -0.1) is 0 Å². The molecule has 2 N–H and O–H groups in total. The highest BCUT2D eigenvalue weighted by molar-refractivity contribution is 5.91. The molecule has 0 aromatic carbocycles. The van der Waals surface area contributed by atoms with Gasteiger partial charge in [-0.2, -0.15) is 0 Å². The van der Waals surface area contributed by atoms with Crippen LogP contribution in [0.3, 0.4) is 0 Å². The van der Waals surface area contributed by atoms with Gasteiger partial charge in [0.25, 0.3) is 0 Å². The lowest BCUT2D eigenvalue weighted by molar-refractivity contribution is -0.114. The monoisotopic (exact) mass is 143 g/mol. The normalized spacial score (nSPS) is 11.6. The number of rotatable bonds is 4. The summed E-state index contributed by atoms with van der Waals surface area (Å²) in [6.07, 6.45) is 1.67. The van der Waals surface area contributed by atoms with E-state index in [1.165, 1.54) is 0 Å². The van der Waals surface area contributed by atoms with Crippen molar-refractivity contribution in [1.29, 1.82) is 0 Å². The van der Waals surface area contributed by atoms with Crippen molar-refractivity contribution >= 4 is 5.91 Å². The molecule has 0 aliphatic heterocycles. The highest BCUT2D eigenvalue weighted by atomic mass is 16.5. The second-order valence-electron chi connectivity index (χ2n) is 1.91. The summed E-state index contributed by atoms with van der Waals surface area (Å²) in [5.41, 5.74) is 5.50. The van der Waals surface area contributed by atoms with Crippen LogP contribution in [0.2, 0.25) is 0 Å². The fourth-order valence-corrected chi connectivity index (χ4v) is 0.402. The SMILES string of the molecule is CCOC/C=C(\C)C(N)=O. The molecule has 58 valence electrons. The van der Waals surface area contributed by atoms with E-state index in [4.69, 9.17) is 10.5 Å². The van der Waals surface area contributed by atoms with Crippen LogP contribution in [0.5, 0.6) is 0 Å². The largest absolute Gasteiger partial charge is 0.378 e. The van der Waals surface area contributed by atoms with Gasteiger partial charge in [-0.25, -0.2) is 0 Å². The van der Waals surface area contributed by atoms with Gasteiger partial charge in [0.2, 0.25) is 5.91 Å². The molecule has 0 spiro atoms. The van der Waals surface area contributed by atoms with Crippen molar-refractivity contribution in [2.24, 2.45) is 5.73 Å². The van der Waals surface area contributed by atoms with E-state index < -0.39 is 0 Å². The Hall–Kier alpha value is -0.830. The van der Waals surface area contributed by atoms with Crippen LogP contribution in [0.4, 0.5) is 0 Å². The Morgan fingerprint density at radius 2 is 2.30 bits per heavy atom. The second kappa shape index (κ2) is 4.99. The minimum absolute atomic E-state index is 0.389. The Morgan fingerprint density at radius 3 is 2.70 bits per heavy atom. The Bertz CT molecular complexity index is 141. The molecule has 0 heterocycles. The maximum absolute atomic E-state index is 10.4. The molecule has 0 saturated carbocycles. The zero-order valence-electron chi connectivity index (χ0n) is 6.39. The van der Waals surface area contributed by atoms with E-state index in [1.807, 2.05) is 6.92 Å². The molecular weight excluding hydrogens is 130 g/mol. The van der Waals surface area contributed by atoms with Crippen molar-refractivity contribution in [3.63, 3.8) is 0 Å². The predicted octanol–water partition coefficient (Wildman–Crippen LogP) is 0.455. The van der Waals surface area contributed by atoms with Crippen LogP contribution >= 0.6 is 0 Å². The van der Waals surface area contributed by atoms with E-state index in [0.29, 0.717) is 18.8 Å². The molecule has 0 aromatic heterocycles. The summed E-state index contributed by atoms with van der Waals surface area (Å²) in [7, 11) is 0. The highest BCUT2D eigenvalue weighted by Crippen LogP contribution is 1.89. The second-order valence-corrected chi connectivity index (χ2v) is 1.91. The zero-order valence-corrected chi connectivity index (χ0v) is 6.39. The molecule has 0 unspecified atom stereocenters. The minimum atomic E-state index is -0.389. The van der Waals surface area contributed by atoms with Crippen LogP contribution < -0.4 is 5.73 Å².